The molecular weight excluding hydrogens is 316 g/mol. The van der Waals surface area contributed by atoms with E-state index in [1.54, 1.807) is 0 Å². The highest BCUT2D eigenvalue weighted by Crippen LogP contribution is 2.28. The van der Waals surface area contributed by atoms with E-state index in [9.17, 15) is 4.79 Å². The van der Waals surface area contributed by atoms with Gasteiger partial charge in [-0.15, -0.1) is 0 Å². The fraction of sp³-hybridized carbons (Fsp3) is 0.200. The Balaban J connectivity index is 1.79. The van der Waals surface area contributed by atoms with Crippen LogP contribution in [0.25, 0.3) is 11.5 Å². The Morgan fingerprint density at radius 3 is 2.64 bits per heavy atom. The summed E-state index contributed by atoms with van der Waals surface area (Å²) in [6.07, 6.45) is 0. The zero-order valence-corrected chi connectivity index (χ0v) is 14.5. The summed E-state index contributed by atoms with van der Waals surface area (Å²) in [7, 11) is 0. The molecular formula is C20H20N2O3. The van der Waals surface area contributed by atoms with E-state index in [0.717, 1.165) is 16.8 Å². The molecule has 0 aliphatic heterocycles. The molecule has 0 saturated carbocycles. The van der Waals surface area contributed by atoms with Gasteiger partial charge in [0.1, 0.15) is 23.8 Å². The minimum absolute atomic E-state index is 0.141. The van der Waals surface area contributed by atoms with Crippen LogP contribution < -0.4 is 10.1 Å². The number of aryl methyl sites for hydroxylation is 2. The highest BCUT2D eigenvalue weighted by atomic mass is 16.5. The third-order valence-corrected chi connectivity index (χ3v) is 3.73. The Kier molecular flexibility index (Phi) is 4.84. The van der Waals surface area contributed by atoms with Crippen molar-refractivity contribution in [2.45, 2.75) is 27.4 Å². The first-order chi connectivity index (χ1) is 12.0. The van der Waals surface area contributed by atoms with Crippen LogP contribution in [0.3, 0.4) is 0 Å². The van der Waals surface area contributed by atoms with Crippen LogP contribution in [0, 0.1) is 13.8 Å². The van der Waals surface area contributed by atoms with Crippen LogP contribution >= 0.6 is 0 Å². The number of carbonyl (C=O) groups is 1. The first-order valence-corrected chi connectivity index (χ1v) is 8.05. The molecule has 5 heteroatoms. The summed E-state index contributed by atoms with van der Waals surface area (Å²) in [5, 5.41) is 2.77. The molecule has 1 aromatic heterocycles. The van der Waals surface area contributed by atoms with E-state index in [2.05, 4.69) is 10.3 Å². The molecule has 0 spiro atoms. The number of ether oxygens (including phenoxy) is 1. The van der Waals surface area contributed by atoms with Crippen LogP contribution in [-0.2, 0) is 11.4 Å². The van der Waals surface area contributed by atoms with Gasteiger partial charge >= 0.3 is 0 Å². The molecule has 1 amide bonds. The number of hydrogen-bond donors (Lipinski definition) is 1. The number of carbonyl (C=O) groups excluding carboxylic acids is 1. The average Bonchev–Trinajstić information content (AvgIpc) is 2.96. The van der Waals surface area contributed by atoms with Gasteiger partial charge in [0.25, 0.3) is 0 Å². The smallest absolute Gasteiger partial charge is 0.226 e. The maximum absolute atomic E-state index is 11.3. The van der Waals surface area contributed by atoms with Crippen molar-refractivity contribution in [3.05, 3.63) is 65.5 Å². The molecule has 0 aliphatic rings. The molecule has 0 aliphatic carbocycles. The van der Waals surface area contributed by atoms with Crippen molar-refractivity contribution in [1.29, 1.82) is 0 Å². The van der Waals surface area contributed by atoms with E-state index in [4.69, 9.17) is 9.15 Å². The minimum atomic E-state index is -0.141. The lowest BCUT2D eigenvalue weighted by Crippen LogP contribution is -2.08. The van der Waals surface area contributed by atoms with Gasteiger partial charge in [0.2, 0.25) is 11.8 Å². The van der Waals surface area contributed by atoms with Crippen molar-refractivity contribution in [2.24, 2.45) is 0 Å². The monoisotopic (exact) mass is 336 g/mol. The lowest BCUT2D eigenvalue weighted by atomic mass is 10.2. The van der Waals surface area contributed by atoms with Crippen molar-refractivity contribution in [2.75, 3.05) is 5.32 Å². The molecule has 1 N–H and O–H groups in total. The maximum Gasteiger partial charge on any atom is 0.226 e. The van der Waals surface area contributed by atoms with Crippen LogP contribution in [0.5, 0.6) is 5.75 Å². The molecule has 25 heavy (non-hydrogen) atoms. The Morgan fingerprint density at radius 1 is 1.16 bits per heavy atom. The van der Waals surface area contributed by atoms with Crippen LogP contribution in [0.2, 0.25) is 0 Å². The average molecular weight is 336 g/mol. The quantitative estimate of drug-likeness (QED) is 0.745. The van der Waals surface area contributed by atoms with Gasteiger partial charge in [-0.2, -0.15) is 0 Å². The largest absolute Gasteiger partial charge is 0.485 e. The highest BCUT2D eigenvalue weighted by molar-refractivity contribution is 5.90. The van der Waals surface area contributed by atoms with Crippen molar-refractivity contribution < 1.29 is 13.9 Å². The zero-order chi connectivity index (χ0) is 17.8. The first-order valence-electron chi connectivity index (χ1n) is 8.05. The highest BCUT2D eigenvalue weighted by Gasteiger charge is 2.13. The van der Waals surface area contributed by atoms with Crippen LogP contribution in [0.1, 0.15) is 23.9 Å². The molecule has 0 bridgehead atoms. The maximum atomic E-state index is 11.3. The fourth-order valence-corrected chi connectivity index (χ4v) is 2.45. The van der Waals surface area contributed by atoms with E-state index < -0.39 is 0 Å². The van der Waals surface area contributed by atoms with Gasteiger partial charge < -0.3 is 14.5 Å². The van der Waals surface area contributed by atoms with Gasteiger partial charge in [-0.3, -0.25) is 4.79 Å². The van der Waals surface area contributed by atoms with Crippen molar-refractivity contribution in [3.8, 4) is 17.2 Å². The summed E-state index contributed by atoms with van der Waals surface area (Å²) >= 11 is 0. The molecule has 0 fully saturated rings. The van der Waals surface area contributed by atoms with Gasteiger partial charge in [0, 0.05) is 12.5 Å². The van der Waals surface area contributed by atoms with Gasteiger partial charge in [-0.1, -0.05) is 24.3 Å². The normalized spacial score (nSPS) is 10.5. The van der Waals surface area contributed by atoms with Gasteiger partial charge in [0.15, 0.2) is 0 Å². The van der Waals surface area contributed by atoms with E-state index in [1.807, 2.05) is 62.4 Å². The number of oxazole rings is 1. The Labute approximate surface area is 146 Å². The molecule has 2 aromatic carbocycles. The topological polar surface area (TPSA) is 64.4 Å². The fourth-order valence-electron chi connectivity index (χ4n) is 2.45. The standard InChI is InChI=1S/C20H20N2O3/c1-13-9-10-17(21-15(3)23)19(11-13)24-12-18-14(2)25-20(22-18)16-7-5-4-6-8-16/h4-11H,12H2,1-3H3,(H,21,23). The summed E-state index contributed by atoms with van der Waals surface area (Å²) < 4.78 is 11.6. The summed E-state index contributed by atoms with van der Waals surface area (Å²) in [4.78, 5) is 15.9. The third kappa shape index (κ3) is 4.07. The molecule has 5 nitrogen and oxygen atoms in total. The van der Waals surface area contributed by atoms with Gasteiger partial charge in [0.05, 0.1) is 5.69 Å². The number of anilines is 1. The summed E-state index contributed by atoms with van der Waals surface area (Å²) in [5.41, 5.74) is 3.34. The minimum Gasteiger partial charge on any atom is -0.485 e. The molecule has 0 unspecified atom stereocenters. The number of aromatic nitrogens is 1. The first kappa shape index (κ1) is 16.8. The zero-order valence-electron chi connectivity index (χ0n) is 14.5. The predicted molar refractivity (Wildman–Crippen MR) is 96.5 cm³/mol. The van der Waals surface area contributed by atoms with Gasteiger partial charge in [-0.05, 0) is 43.7 Å². The summed E-state index contributed by atoms with van der Waals surface area (Å²) in [5.74, 6) is 1.76. The Bertz CT molecular complexity index is 885. The predicted octanol–water partition coefficient (Wildman–Crippen LogP) is 4.50. The molecule has 3 aromatic rings. The molecule has 1 heterocycles. The number of benzene rings is 2. The van der Waals surface area contributed by atoms with Crippen molar-refractivity contribution in [3.63, 3.8) is 0 Å². The molecule has 0 saturated heterocycles. The van der Waals surface area contributed by atoms with Crippen LogP contribution in [0.4, 0.5) is 5.69 Å². The number of hydrogen-bond acceptors (Lipinski definition) is 4. The summed E-state index contributed by atoms with van der Waals surface area (Å²) in [6, 6.07) is 15.4. The molecule has 0 atom stereocenters. The van der Waals surface area contributed by atoms with E-state index in [0.29, 0.717) is 23.1 Å². The second-order valence-corrected chi connectivity index (χ2v) is 5.86. The van der Waals surface area contributed by atoms with Crippen molar-refractivity contribution >= 4 is 11.6 Å². The number of nitrogens with one attached hydrogen (secondary N) is 1. The van der Waals surface area contributed by atoms with Crippen LogP contribution in [0.15, 0.2) is 52.9 Å². The van der Waals surface area contributed by atoms with E-state index in [-0.39, 0.29) is 12.5 Å². The number of rotatable bonds is 5. The Morgan fingerprint density at radius 2 is 1.92 bits per heavy atom. The molecule has 0 radical (unpaired) electrons. The molecule has 128 valence electrons. The SMILES string of the molecule is CC(=O)Nc1ccc(C)cc1OCc1nc(-c2ccccc2)oc1C. The third-order valence-electron chi connectivity index (χ3n) is 3.73. The summed E-state index contributed by atoms with van der Waals surface area (Å²) in [6.45, 7) is 5.57. The molecule has 3 rings (SSSR count). The van der Waals surface area contributed by atoms with Gasteiger partial charge in [-0.25, -0.2) is 4.98 Å². The van der Waals surface area contributed by atoms with Crippen molar-refractivity contribution in [1.82, 2.24) is 4.98 Å². The second kappa shape index (κ2) is 7.21. The lowest BCUT2D eigenvalue weighted by Gasteiger charge is -2.12. The Hall–Kier alpha value is -3.08. The van der Waals surface area contributed by atoms with E-state index >= 15 is 0 Å². The van der Waals surface area contributed by atoms with Crippen LogP contribution in [-0.4, -0.2) is 10.9 Å². The number of nitrogens with zero attached hydrogens (tertiary/aromatic N) is 1. The van der Waals surface area contributed by atoms with E-state index in [1.165, 1.54) is 6.92 Å². The number of amides is 1. The second-order valence-electron chi connectivity index (χ2n) is 5.86. The lowest BCUT2D eigenvalue weighted by molar-refractivity contribution is -0.114.